The van der Waals surface area contributed by atoms with Gasteiger partial charge in [-0.1, -0.05) is 17.7 Å². The van der Waals surface area contributed by atoms with Gasteiger partial charge in [0.1, 0.15) is 5.52 Å². The number of halogens is 1. The molecule has 1 N–H and O–H groups in total. The molecule has 3 heterocycles. The van der Waals surface area contributed by atoms with Gasteiger partial charge in [0.25, 0.3) is 0 Å². The molecule has 2 aliphatic rings. The van der Waals surface area contributed by atoms with Crippen molar-refractivity contribution < 1.29 is 9.53 Å². The van der Waals surface area contributed by atoms with Crippen molar-refractivity contribution >= 4 is 40.3 Å². The lowest BCUT2D eigenvalue weighted by Crippen LogP contribution is -2.18. The number of imidazole rings is 1. The molecule has 1 aliphatic carbocycles. The van der Waals surface area contributed by atoms with E-state index in [4.69, 9.17) is 16.3 Å². The summed E-state index contributed by atoms with van der Waals surface area (Å²) in [5.41, 5.74) is 2.25. The van der Waals surface area contributed by atoms with Gasteiger partial charge in [-0.15, -0.1) is 0 Å². The number of anilines is 1. The minimum Gasteiger partial charge on any atom is -0.378 e. The van der Waals surface area contributed by atoms with Gasteiger partial charge in [-0.25, -0.2) is 9.97 Å². The standard InChI is InChI=1S/C17H17ClN4O2/c18-11-9-14-16(19-10-11)22(12-3-1-4-12)17(20-14)21-15(23)7-6-13-5-2-8-24-13/h1,3-4,9-10,13H,2,5-8H2,(H,20,21,23). The van der Waals surface area contributed by atoms with E-state index in [1.54, 1.807) is 12.3 Å². The molecular weight excluding hydrogens is 328 g/mol. The summed E-state index contributed by atoms with van der Waals surface area (Å²) in [7, 11) is 0. The Morgan fingerprint density at radius 3 is 3.08 bits per heavy atom. The van der Waals surface area contributed by atoms with Crippen LogP contribution in [0.15, 0.2) is 30.5 Å². The molecule has 24 heavy (non-hydrogen) atoms. The van der Waals surface area contributed by atoms with Crippen LogP contribution in [-0.2, 0) is 9.53 Å². The van der Waals surface area contributed by atoms with Crippen LogP contribution in [0.1, 0.15) is 25.7 Å². The van der Waals surface area contributed by atoms with Crippen molar-refractivity contribution in [3.05, 3.63) is 35.5 Å². The monoisotopic (exact) mass is 344 g/mol. The number of rotatable bonds is 5. The summed E-state index contributed by atoms with van der Waals surface area (Å²) in [4.78, 5) is 21.1. The molecule has 2 aromatic heterocycles. The first-order chi connectivity index (χ1) is 11.7. The van der Waals surface area contributed by atoms with E-state index in [0.29, 0.717) is 28.6 Å². The number of hydrogen-bond acceptors (Lipinski definition) is 4. The first-order valence-corrected chi connectivity index (χ1v) is 8.43. The molecule has 1 fully saturated rings. The maximum absolute atomic E-state index is 12.3. The Bertz CT molecular complexity index is 850. The number of nitrogens with zero attached hydrogens (tertiary/aromatic N) is 3. The molecule has 1 unspecified atom stereocenters. The van der Waals surface area contributed by atoms with Crippen molar-refractivity contribution in [2.24, 2.45) is 0 Å². The number of fused-ring (bicyclic) bond motifs is 1. The Kier molecular flexibility index (Phi) is 4.08. The molecule has 6 nitrogen and oxygen atoms in total. The highest BCUT2D eigenvalue weighted by atomic mass is 35.5. The molecule has 0 radical (unpaired) electrons. The number of amides is 1. The highest BCUT2D eigenvalue weighted by molar-refractivity contribution is 6.31. The Hall–Kier alpha value is -2.18. The fourth-order valence-electron chi connectivity index (χ4n) is 2.95. The minimum absolute atomic E-state index is 0.0722. The molecule has 4 rings (SSSR count). The Balaban J connectivity index is 1.55. The second-order valence-corrected chi connectivity index (χ2v) is 6.38. The number of aromatic nitrogens is 3. The quantitative estimate of drug-likeness (QED) is 0.902. The molecule has 0 spiro atoms. The summed E-state index contributed by atoms with van der Waals surface area (Å²) < 4.78 is 7.39. The number of hydrogen-bond donors (Lipinski definition) is 1. The number of ether oxygens (including phenoxy) is 1. The number of pyridine rings is 1. The Morgan fingerprint density at radius 2 is 2.38 bits per heavy atom. The van der Waals surface area contributed by atoms with Crippen LogP contribution in [0.5, 0.6) is 0 Å². The second kappa shape index (κ2) is 6.37. The maximum atomic E-state index is 12.3. The average Bonchev–Trinajstić information content (AvgIpc) is 3.12. The predicted octanol–water partition coefficient (Wildman–Crippen LogP) is 3.39. The van der Waals surface area contributed by atoms with Gasteiger partial charge in [0.15, 0.2) is 5.65 Å². The molecular formula is C17H17ClN4O2. The summed E-state index contributed by atoms with van der Waals surface area (Å²) in [6, 6.07) is 1.74. The average molecular weight is 345 g/mol. The maximum Gasteiger partial charge on any atom is 0.226 e. The normalized spacial score (nSPS) is 19.4. The lowest BCUT2D eigenvalue weighted by molar-refractivity contribution is -0.116. The van der Waals surface area contributed by atoms with E-state index in [1.165, 1.54) is 0 Å². The van der Waals surface area contributed by atoms with E-state index in [0.717, 1.165) is 31.6 Å². The number of carbonyl (C=O) groups is 1. The molecule has 2 aromatic rings. The van der Waals surface area contributed by atoms with Crippen LogP contribution in [0.25, 0.3) is 16.9 Å². The summed E-state index contributed by atoms with van der Waals surface area (Å²) >= 11 is 5.99. The highest BCUT2D eigenvalue weighted by Crippen LogP contribution is 2.28. The van der Waals surface area contributed by atoms with Crippen molar-refractivity contribution in [1.29, 1.82) is 0 Å². The summed E-state index contributed by atoms with van der Waals surface area (Å²) in [6.45, 7) is 0.801. The zero-order chi connectivity index (χ0) is 16.5. The number of allylic oxidation sites excluding steroid dienone is 4. The lowest BCUT2D eigenvalue weighted by Gasteiger charge is -2.14. The van der Waals surface area contributed by atoms with Gasteiger partial charge in [0, 0.05) is 19.2 Å². The zero-order valence-electron chi connectivity index (χ0n) is 13.0. The van der Waals surface area contributed by atoms with Crippen LogP contribution >= 0.6 is 11.6 Å². The van der Waals surface area contributed by atoms with E-state index >= 15 is 0 Å². The van der Waals surface area contributed by atoms with E-state index < -0.39 is 0 Å². The number of carbonyl (C=O) groups excluding carboxylic acids is 1. The molecule has 1 amide bonds. The van der Waals surface area contributed by atoms with Gasteiger partial charge in [-0.3, -0.25) is 14.7 Å². The molecule has 1 aliphatic heterocycles. The van der Waals surface area contributed by atoms with Crippen molar-refractivity contribution in [3.63, 3.8) is 0 Å². The summed E-state index contributed by atoms with van der Waals surface area (Å²) in [5, 5.41) is 3.41. The Morgan fingerprint density at radius 1 is 1.50 bits per heavy atom. The van der Waals surface area contributed by atoms with Crippen molar-refractivity contribution in [2.45, 2.75) is 31.8 Å². The van der Waals surface area contributed by atoms with E-state index in [1.807, 2.05) is 22.8 Å². The zero-order valence-corrected chi connectivity index (χ0v) is 13.8. The molecule has 0 bridgehead atoms. The van der Waals surface area contributed by atoms with E-state index in [9.17, 15) is 4.79 Å². The SMILES string of the molecule is O=C(CCC1CCCO1)Nc1nc2cc(Cl)cnc2n1C1=CC=C1. The van der Waals surface area contributed by atoms with Crippen LogP contribution in [0.3, 0.4) is 0 Å². The van der Waals surface area contributed by atoms with E-state index in [2.05, 4.69) is 15.3 Å². The topological polar surface area (TPSA) is 69.0 Å². The lowest BCUT2D eigenvalue weighted by atomic mass is 10.1. The molecule has 1 saturated heterocycles. The molecule has 0 aromatic carbocycles. The molecule has 124 valence electrons. The molecule has 1 atom stereocenters. The Labute approximate surface area is 144 Å². The van der Waals surface area contributed by atoms with Crippen LogP contribution in [-0.4, -0.2) is 33.2 Å². The molecule has 0 saturated carbocycles. The second-order valence-electron chi connectivity index (χ2n) is 5.94. The van der Waals surface area contributed by atoms with Gasteiger partial charge in [-0.2, -0.15) is 0 Å². The third kappa shape index (κ3) is 2.95. The summed E-state index contributed by atoms with van der Waals surface area (Å²) in [6.07, 6.45) is 10.9. The fraction of sp³-hybridized carbons (Fsp3) is 0.353. The van der Waals surface area contributed by atoms with Crippen molar-refractivity contribution in [1.82, 2.24) is 14.5 Å². The van der Waals surface area contributed by atoms with Gasteiger partial charge in [-0.05, 0) is 37.5 Å². The predicted molar refractivity (Wildman–Crippen MR) is 92.8 cm³/mol. The largest absolute Gasteiger partial charge is 0.378 e. The van der Waals surface area contributed by atoms with Crippen LogP contribution < -0.4 is 5.32 Å². The smallest absolute Gasteiger partial charge is 0.226 e. The third-order valence-electron chi connectivity index (χ3n) is 4.22. The van der Waals surface area contributed by atoms with Gasteiger partial charge in [0.2, 0.25) is 11.9 Å². The van der Waals surface area contributed by atoms with Crippen molar-refractivity contribution in [2.75, 3.05) is 11.9 Å². The van der Waals surface area contributed by atoms with Gasteiger partial charge < -0.3 is 4.74 Å². The number of nitrogens with one attached hydrogen (secondary N) is 1. The van der Waals surface area contributed by atoms with Gasteiger partial charge >= 0.3 is 0 Å². The first kappa shape index (κ1) is 15.4. The van der Waals surface area contributed by atoms with Crippen LogP contribution in [0.4, 0.5) is 5.95 Å². The fourth-order valence-corrected chi connectivity index (χ4v) is 3.10. The van der Waals surface area contributed by atoms with Crippen molar-refractivity contribution in [3.8, 4) is 0 Å². The first-order valence-electron chi connectivity index (χ1n) is 8.05. The highest BCUT2D eigenvalue weighted by Gasteiger charge is 2.20. The van der Waals surface area contributed by atoms with Crippen LogP contribution in [0, 0.1) is 0 Å². The summed E-state index contributed by atoms with van der Waals surface area (Å²) in [5.74, 6) is 0.393. The minimum atomic E-state index is -0.0722. The van der Waals surface area contributed by atoms with E-state index in [-0.39, 0.29) is 12.0 Å². The van der Waals surface area contributed by atoms with Crippen LogP contribution in [0.2, 0.25) is 5.02 Å². The van der Waals surface area contributed by atoms with Gasteiger partial charge in [0.05, 0.1) is 16.8 Å². The molecule has 7 heteroatoms. The third-order valence-corrected chi connectivity index (χ3v) is 4.43.